The number of nitrogens with one attached hydrogen (secondary N) is 2. The average molecular weight is 482 g/mol. The van der Waals surface area contributed by atoms with E-state index >= 15 is 0 Å². The van der Waals surface area contributed by atoms with E-state index in [1.165, 1.54) is 52.6 Å². The number of rotatable bonds is 6. The number of piperidine rings is 1. The van der Waals surface area contributed by atoms with E-state index in [1.54, 1.807) is 0 Å². The highest BCUT2D eigenvalue weighted by molar-refractivity contribution is 7.98. The number of fused-ring (bicyclic) bond motifs is 2. The van der Waals surface area contributed by atoms with Crippen LogP contribution in [0.3, 0.4) is 0 Å². The van der Waals surface area contributed by atoms with Crippen LogP contribution in [-0.2, 0) is 23.3 Å². The molecule has 178 valence electrons. The minimum absolute atomic E-state index is 0.117. The van der Waals surface area contributed by atoms with E-state index in [-0.39, 0.29) is 16.6 Å². The largest absolute Gasteiger partial charge is 0.381 e. The number of anilines is 1. The second-order valence-electron chi connectivity index (χ2n) is 9.98. The molecule has 0 radical (unpaired) electrons. The van der Waals surface area contributed by atoms with Gasteiger partial charge in [-0.25, -0.2) is 0 Å². The van der Waals surface area contributed by atoms with Crippen molar-refractivity contribution in [2.45, 2.75) is 43.0 Å². The molecule has 1 amide bonds. The van der Waals surface area contributed by atoms with E-state index in [4.69, 9.17) is 0 Å². The number of benzene rings is 3. The van der Waals surface area contributed by atoms with Gasteiger partial charge in [0.15, 0.2) is 0 Å². The summed E-state index contributed by atoms with van der Waals surface area (Å²) < 4.78 is 2.83. The fraction of sp³-hybridized carbons (Fsp3) is 0.300. The van der Waals surface area contributed by atoms with Crippen molar-refractivity contribution in [1.29, 1.82) is 0 Å². The van der Waals surface area contributed by atoms with E-state index in [9.17, 15) is 4.79 Å². The molecule has 6 rings (SSSR count). The molecule has 0 bridgehead atoms. The third-order valence-corrected chi connectivity index (χ3v) is 8.79. The molecule has 0 saturated carbocycles. The summed E-state index contributed by atoms with van der Waals surface area (Å²) in [6, 6.07) is 26.4. The summed E-state index contributed by atoms with van der Waals surface area (Å²) in [7, 11) is 0. The van der Waals surface area contributed by atoms with Gasteiger partial charge in [0.2, 0.25) is 5.91 Å². The highest BCUT2D eigenvalue weighted by Crippen LogP contribution is 2.43. The highest BCUT2D eigenvalue weighted by atomic mass is 32.2. The number of amides is 1. The van der Waals surface area contributed by atoms with E-state index in [1.807, 2.05) is 0 Å². The van der Waals surface area contributed by atoms with Gasteiger partial charge in [-0.15, -0.1) is 0 Å². The van der Waals surface area contributed by atoms with Crippen LogP contribution in [0.1, 0.15) is 52.3 Å². The van der Waals surface area contributed by atoms with Crippen LogP contribution in [0.4, 0.5) is 5.69 Å². The van der Waals surface area contributed by atoms with Crippen molar-refractivity contribution in [2.24, 2.45) is 0 Å². The van der Waals surface area contributed by atoms with Crippen molar-refractivity contribution >= 4 is 29.6 Å². The average Bonchev–Trinajstić information content (AvgIpc) is 3.50. The van der Waals surface area contributed by atoms with Crippen LogP contribution >= 0.6 is 11.9 Å². The number of carbonyl (C=O) groups is 1. The van der Waals surface area contributed by atoms with Crippen LogP contribution in [0.5, 0.6) is 0 Å². The number of nitrogens with zero attached hydrogens (tertiary/aromatic N) is 1. The maximum absolute atomic E-state index is 11.4. The number of hydrogen-bond donors (Lipinski definition) is 2. The Labute approximate surface area is 211 Å². The van der Waals surface area contributed by atoms with Crippen LogP contribution in [-0.4, -0.2) is 23.9 Å². The van der Waals surface area contributed by atoms with E-state index in [2.05, 4.69) is 99.9 Å². The number of allylic oxidation sites excluding steroid dienone is 1. The number of hydrogen-bond acceptors (Lipinski definition) is 4. The van der Waals surface area contributed by atoms with Gasteiger partial charge >= 0.3 is 0 Å². The fourth-order valence-corrected chi connectivity index (χ4v) is 6.48. The topological polar surface area (TPSA) is 44.4 Å². The number of likely N-dealkylation sites (tertiary alicyclic amines) is 1. The van der Waals surface area contributed by atoms with Gasteiger partial charge in [0.1, 0.15) is 0 Å². The molecule has 3 aliphatic rings. The molecular weight excluding hydrogens is 450 g/mol. The van der Waals surface area contributed by atoms with Crippen molar-refractivity contribution in [3.8, 4) is 0 Å². The zero-order valence-corrected chi connectivity index (χ0v) is 20.7. The third-order valence-electron chi connectivity index (χ3n) is 7.72. The fourth-order valence-electron chi connectivity index (χ4n) is 5.60. The molecule has 2 fully saturated rings. The minimum Gasteiger partial charge on any atom is -0.381 e. The van der Waals surface area contributed by atoms with Gasteiger partial charge in [0, 0.05) is 30.6 Å². The monoisotopic (exact) mass is 481 g/mol. The molecule has 5 heteroatoms. The lowest BCUT2D eigenvalue weighted by Gasteiger charge is -2.39. The molecule has 2 aliphatic heterocycles. The molecule has 2 N–H and O–H groups in total. The van der Waals surface area contributed by atoms with Crippen molar-refractivity contribution in [3.63, 3.8) is 0 Å². The summed E-state index contributed by atoms with van der Waals surface area (Å²) in [5, 5.41) is 3.74. The Bertz CT molecular complexity index is 1230. The first-order valence-corrected chi connectivity index (χ1v) is 13.4. The van der Waals surface area contributed by atoms with Gasteiger partial charge in [0.25, 0.3) is 0 Å². The summed E-state index contributed by atoms with van der Waals surface area (Å²) >= 11 is 1.51. The molecule has 1 unspecified atom stereocenters. The van der Waals surface area contributed by atoms with Crippen LogP contribution in [0.15, 0.2) is 78.9 Å². The molecule has 1 atom stereocenters. The van der Waals surface area contributed by atoms with Crippen LogP contribution in [0.25, 0.3) is 6.08 Å². The Morgan fingerprint density at radius 3 is 2.43 bits per heavy atom. The first kappa shape index (κ1) is 22.4. The van der Waals surface area contributed by atoms with Gasteiger partial charge in [0.05, 0.1) is 5.25 Å². The lowest BCUT2D eigenvalue weighted by molar-refractivity contribution is -0.118. The number of carbonyl (C=O) groups excluding carboxylic acids is 1. The zero-order valence-electron chi connectivity index (χ0n) is 19.9. The third kappa shape index (κ3) is 4.75. The van der Waals surface area contributed by atoms with Gasteiger partial charge < -0.3 is 5.32 Å². The predicted octanol–water partition coefficient (Wildman–Crippen LogP) is 6.07. The van der Waals surface area contributed by atoms with Crippen molar-refractivity contribution < 1.29 is 4.79 Å². The molecule has 0 aromatic heterocycles. The second kappa shape index (κ2) is 9.56. The summed E-state index contributed by atoms with van der Waals surface area (Å²) in [5.74, 6) is 0.117. The molecule has 1 spiro atoms. The Morgan fingerprint density at radius 1 is 0.943 bits per heavy atom. The van der Waals surface area contributed by atoms with Gasteiger partial charge in [-0.3, -0.25) is 14.4 Å². The van der Waals surface area contributed by atoms with Crippen LogP contribution < -0.4 is 10.0 Å². The van der Waals surface area contributed by atoms with Gasteiger partial charge in [-0.1, -0.05) is 72.8 Å². The summed E-state index contributed by atoms with van der Waals surface area (Å²) in [6.45, 7) is 4.10. The SMILES string of the molecule is O=C1CC(c2ccc(NCc3ccc(CN4CCC5(C=Cc6ccccc65)CC4)cc3)cc2)SN1. The Hall–Kier alpha value is -3.02. The molecular formula is C30H31N3OS. The van der Waals surface area contributed by atoms with E-state index in [0.717, 1.165) is 31.9 Å². The van der Waals surface area contributed by atoms with E-state index < -0.39 is 0 Å². The quantitative estimate of drug-likeness (QED) is 0.420. The normalized spacial score (nSPS) is 20.7. The molecule has 2 heterocycles. The van der Waals surface area contributed by atoms with Crippen LogP contribution in [0.2, 0.25) is 0 Å². The molecule has 35 heavy (non-hydrogen) atoms. The summed E-state index contributed by atoms with van der Waals surface area (Å²) in [5.41, 5.74) is 8.15. The highest BCUT2D eigenvalue weighted by Gasteiger charge is 2.37. The summed E-state index contributed by atoms with van der Waals surface area (Å²) in [4.78, 5) is 14.0. The lowest BCUT2D eigenvalue weighted by Crippen LogP contribution is -2.40. The van der Waals surface area contributed by atoms with Crippen molar-refractivity contribution in [1.82, 2.24) is 9.62 Å². The van der Waals surface area contributed by atoms with E-state index in [0.29, 0.717) is 6.42 Å². The smallest absolute Gasteiger partial charge is 0.231 e. The first-order chi connectivity index (χ1) is 17.2. The van der Waals surface area contributed by atoms with Gasteiger partial charge in [-0.05, 0) is 77.8 Å². The first-order valence-electron chi connectivity index (χ1n) is 12.5. The Balaban J connectivity index is 0.993. The molecule has 3 aromatic carbocycles. The molecule has 2 saturated heterocycles. The zero-order chi connectivity index (χ0) is 23.7. The summed E-state index contributed by atoms with van der Waals surface area (Å²) in [6.07, 6.45) is 7.74. The van der Waals surface area contributed by atoms with Crippen molar-refractivity contribution in [2.75, 3.05) is 18.4 Å². The molecule has 4 nitrogen and oxygen atoms in total. The Morgan fingerprint density at radius 2 is 1.69 bits per heavy atom. The van der Waals surface area contributed by atoms with Crippen molar-refractivity contribution in [3.05, 3.63) is 107 Å². The van der Waals surface area contributed by atoms with Gasteiger partial charge in [-0.2, -0.15) is 0 Å². The Kier molecular flexibility index (Phi) is 6.13. The van der Waals surface area contributed by atoms with Crippen LogP contribution in [0, 0.1) is 0 Å². The maximum atomic E-state index is 11.4. The minimum atomic E-state index is 0.117. The predicted molar refractivity (Wildman–Crippen MR) is 145 cm³/mol. The standard InChI is InChI=1S/C30H31N3OS/c34-29-19-28(35-32-29)25-9-11-26(12-10-25)31-20-22-5-7-23(8-6-22)21-33-17-15-30(16-18-33)14-13-24-3-1-2-4-27(24)30/h1-14,28,31H,15-21H2,(H,32,34). The maximum Gasteiger partial charge on any atom is 0.231 e. The molecule has 1 aliphatic carbocycles. The molecule has 3 aromatic rings. The lowest BCUT2D eigenvalue weighted by atomic mass is 9.74. The second-order valence-corrected chi connectivity index (χ2v) is 11.0.